The smallest absolute Gasteiger partial charge is 0.447 e. The number of rotatable bonds is 5. The number of thioether (sulfide) groups is 1. The molecule has 9 heteroatoms. The molecule has 1 heterocycles. The molecular weight excluding hydrogens is 297 g/mol. The topological polar surface area (TPSA) is 79.3 Å². The minimum Gasteiger partial charge on any atom is -0.480 e. The van der Waals surface area contributed by atoms with E-state index in [9.17, 15) is 22.8 Å². The highest BCUT2D eigenvalue weighted by Gasteiger charge is 2.32. The van der Waals surface area contributed by atoms with Crippen LogP contribution in [0.4, 0.5) is 13.2 Å². The second-order valence-electron chi connectivity index (χ2n) is 3.68. The number of halogens is 3. The van der Waals surface area contributed by atoms with Gasteiger partial charge in [0.25, 0.3) is 5.91 Å². The molecule has 1 atom stereocenters. The van der Waals surface area contributed by atoms with E-state index in [-0.39, 0.29) is 12.0 Å². The summed E-state index contributed by atoms with van der Waals surface area (Å²) in [4.78, 5) is 26.1. The number of amides is 1. The average Bonchev–Trinajstić information content (AvgIpc) is 2.34. The van der Waals surface area contributed by atoms with Gasteiger partial charge in [-0.15, -0.1) is 0 Å². The highest BCUT2D eigenvalue weighted by atomic mass is 32.2. The number of carbonyl (C=O) groups excluding carboxylic acids is 1. The Balaban J connectivity index is 2.96. The minimum atomic E-state index is -4.58. The first-order valence-electron chi connectivity index (χ1n) is 5.49. The Hall–Kier alpha value is -1.77. The lowest BCUT2D eigenvalue weighted by atomic mass is 10.2. The van der Waals surface area contributed by atoms with Crippen LogP contribution >= 0.6 is 11.8 Å². The molecule has 0 aliphatic rings. The van der Waals surface area contributed by atoms with E-state index in [0.29, 0.717) is 0 Å². The van der Waals surface area contributed by atoms with Crippen LogP contribution in [-0.4, -0.2) is 33.5 Å². The Morgan fingerprint density at radius 3 is 2.65 bits per heavy atom. The van der Waals surface area contributed by atoms with Gasteiger partial charge in [0, 0.05) is 18.0 Å². The second kappa shape index (κ2) is 6.60. The lowest BCUT2D eigenvalue weighted by Gasteiger charge is -2.14. The number of carbonyl (C=O) groups is 2. The molecule has 0 spiro atoms. The molecule has 0 aromatic carbocycles. The van der Waals surface area contributed by atoms with E-state index in [0.717, 1.165) is 12.3 Å². The molecule has 2 N–H and O–H groups in total. The van der Waals surface area contributed by atoms with Crippen LogP contribution in [0.2, 0.25) is 0 Å². The van der Waals surface area contributed by atoms with Gasteiger partial charge in [-0.25, -0.2) is 9.78 Å². The maximum Gasteiger partial charge on any atom is 0.447 e. The van der Waals surface area contributed by atoms with E-state index < -0.39 is 40.2 Å². The Labute approximate surface area is 116 Å². The molecule has 0 saturated heterocycles. The summed E-state index contributed by atoms with van der Waals surface area (Å²) in [5, 5.41) is 10.4. The van der Waals surface area contributed by atoms with Gasteiger partial charge in [0.05, 0.1) is 5.56 Å². The largest absolute Gasteiger partial charge is 0.480 e. The zero-order chi connectivity index (χ0) is 15.3. The van der Waals surface area contributed by atoms with Crippen molar-refractivity contribution in [2.75, 3.05) is 0 Å². The van der Waals surface area contributed by atoms with Crippen molar-refractivity contribution in [3.05, 3.63) is 23.9 Å². The van der Waals surface area contributed by atoms with Gasteiger partial charge in [-0.3, -0.25) is 4.79 Å². The van der Waals surface area contributed by atoms with E-state index in [1.807, 2.05) is 0 Å². The van der Waals surface area contributed by atoms with Gasteiger partial charge in [-0.05, 0) is 18.6 Å². The number of carboxylic acids is 1. The molecule has 0 fully saturated rings. The maximum absolute atomic E-state index is 12.3. The molecule has 1 unspecified atom stereocenters. The van der Waals surface area contributed by atoms with Crippen LogP contribution in [0, 0.1) is 0 Å². The lowest BCUT2D eigenvalue weighted by molar-refractivity contribution is -0.139. The van der Waals surface area contributed by atoms with Crippen molar-refractivity contribution in [2.24, 2.45) is 0 Å². The van der Waals surface area contributed by atoms with Crippen molar-refractivity contribution >= 4 is 23.6 Å². The fourth-order valence-electron chi connectivity index (χ4n) is 1.33. The van der Waals surface area contributed by atoms with E-state index >= 15 is 0 Å². The SMILES string of the molecule is CCC(NC(=O)c1cccnc1SC(F)(F)F)C(=O)O. The van der Waals surface area contributed by atoms with Crippen LogP contribution in [0.3, 0.4) is 0 Å². The number of carboxylic acid groups (broad SMARTS) is 1. The van der Waals surface area contributed by atoms with Crippen molar-refractivity contribution in [3.63, 3.8) is 0 Å². The summed E-state index contributed by atoms with van der Waals surface area (Å²) in [6.07, 6.45) is 1.24. The fraction of sp³-hybridized carbons (Fsp3) is 0.364. The van der Waals surface area contributed by atoms with Gasteiger partial charge in [0.1, 0.15) is 11.1 Å². The standard InChI is InChI=1S/C11H11F3N2O3S/c1-2-7(10(18)19)16-8(17)6-4-3-5-15-9(6)20-11(12,13)14/h3-5,7H,2H2,1H3,(H,16,17)(H,18,19). The Morgan fingerprint density at radius 1 is 1.50 bits per heavy atom. The van der Waals surface area contributed by atoms with Crippen LogP contribution in [-0.2, 0) is 4.79 Å². The molecule has 0 radical (unpaired) electrons. The van der Waals surface area contributed by atoms with Gasteiger partial charge < -0.3 is 10.4 Å². The summed E-state index contributed by atoms with van der Waals surface area (Å²) in [5.41, 5.74) is -4.89. The quantitative estimate of drug-likeness (QED) is 0.816. The van der Waals surface area contributed by atoms with Gasteiger partial charge in [0.15, 0.2) is 0 Å². The first kappa shape index (κ1) is 16.3. The first-order valence-corrected chi connectivity index (χ1v) is 6.30. The van der Waals surface area contributed by atoms with E-state index in [1.165, 1.54) is 13.0 Å². The number of hydrogen-bond donors (Lipinski definition) is 2. The summed E-state index contributed by atoms with van der Waals surface area (Å²) in [5.74, 6) is -2.16. The molecule has 1 aromatic rings. The Kier molecular flexibility index (Phi) is 5.37. The minimum absolute atomic E-state index is 0.114. The number of alkyl halides is 3. The first-order chi connectivity index (χ1) is 9.24. The Bertz CT molecular complexity index is 508. The molecular formula is C11H11F3N2O3S. The van der Waals surface area contributed by atoms with Crippen LogP contribution in [0.15, 0.2) is 23.4 Å². The van der Waals surface area contributed by atoms with Gasteiger partial charge in [0.2, 0.25) is 0 Å². The number of hydrogen-bond acceptors (Lipinski definition) is 4. The third-order valence-electron chi connectivity index (χ3n) is 2.24. The summed E-state index contributed by atoms with van der Waals surface area (Å²) >= 11 is -0.521. The highest BCUT2D eigenvalue weighted by Crippen LogP contribution is 2.37. The maximum atomic E-state index is 12.3. The zero-order valence-corrected chi connectivity index (χ0v) is 11.1. The van der Waals surface area contributed by atoms with Crippen molar-refractivity contribution in [3.8, 4) is 0 Å². The van der Waals surface area contributed by atoms with Crippen LogP contribution in [0.5, 0.6) is 0 Å². The highest BCUT2D eigenvalue weighted by molar-refractivity contribution is 8.00. The van der Waals surface area contributed by atoms with Crippen LogP contribution < -0.4 is 5.32 Å². The van der Waals surface area contributed by atoms with Crippen LogP contribution in [0.1, 0.15) is 23.7 Å². The molecule has 110 valence electrons. The summed E-state index contributed by atoms with van der Waals surface area (Å²) in [7, 11) is 0. The predicted molar refractivity (Wildman–Crippen MR) is 65.3 cm³/mol. The molecule has 1 amide bonds. The number of nitrogens with one attached hydrogen (secondary N) is 1. The van der Waals surface area contributed by atoms with E-state index in [2.05, 4.69) is 10.3 Å². The van der Waals surface area contributed by atoms with Crippen molar-refractivity contribution < 1.29 is 27.9 Å². The molecule has 20 heavy (non-hydrogen) atoms. The normalized spacial score (nSPS) is 12.8. The van der Waals surface area contributed by atoms with Crippen LogP contribution in [0.25, 0.3) is 0 Å². The van der Waals surface area contributed by atoms with Crippen molar-refractivity contribution in [2.45, 2.75) is 29.9 Å². The fourth-order valence-corrected chi connectivity index (χ4v) is 1.93. The van der Waals surface area contributed by atoms with Gasteiger partial charge in [-0.1, -0.05) is 6.92 Å². The second-order valence-corrected chi connectivity index (χ2v) is 4.73. The van der Waals surface area contributed by atoms with E-state index in [4.69, 9.17) is 5.11 Å². The molecule has 1 rings (SSSR count). The summed E-state index contributed by atoms with van der Waals surface area (Å²) in [6.45, 7) is 1.54. The number of pyridine rings is 1. The zero-order valence-electron chi connectivity index (χ0n) is 10.3. The number of nitrogens with zero attached hydrogens (tertiary/aromatic N) is 1. The molecule has 0 aliphatic heterocycles. The number of aromatic nitrogens is 1. The number of aliphatic carboxylic acids is 1. The molecule has 0 bridgehead atoms. The van der Waals surface area contributed by atoms with Crippen molar-refractivity contribution in [1.82, 2.24) is 10.3 Å². The predicted octanol–water partition coefficient (Wildman–Crippen LogP) is 2.29. The molecule has 0 aliphatic carbocycles. The van der Waals surface area contributed by atoms with E-state index in [1.54, 1.807) is 0 Å². The van der Waals surface area contributed by atoms with Gasteiger partial charge >= 0.3 is 11.5 Å². The van der Waals surface area contributed by atoms with Crippen molar-refractivity contribution in [1.29, 1.82) is 0 Å². The molecule has 1 aromatic heterocycles. The molecule has 5 nitrogen and oxygen atoms in total. The monoisotopic (exact) mass is 308 g/mol. The molecule has 0 saturated carbocycles. The Morgan fingerprint density at radius 2 is 2.15 bits per heavy atom. The van der Waals surface area contributed by atoms with Gasteiger partial charge in [-0.2, -0.15) is 13.2 Å². The summed E-state index contributed by atoms with van der Waals surface area (Å²) < 4.78 is 37.0. The average molecular weight is 308 g/mol. The lowest BCUT2D eigenvalue weighted by Crippen LogP contribution is -2.40. The third kappa shape index (κ3) is 4.72. The summed E-state index contributed by atoms with van der Waals surface area (Å²) in [6, 6.07) is 1.30. The third-order valence-corrected chi connectivity index (χ3v) is 2.99.